The Hall–Kier alpha value is -0.760. The van der Waals surface area contributed by atoms with Gasteiger partial charge in [-0.15, -0.1) is 0 Å². The van der Waals surface area contributed by atoms with Crippen LogP contribution in [-0.2, 0) is 0 Å². The van der Waals surface area contributed by atoms with Gasteiger partial charge in [0.15, 0.2) is 0 Å². The molecule has 0 aliphatic carbocycles. The fraction of sp³-hybridized carbons (Fsp3) is 0.111. The minimum Gasteiger partial charge on any atom is -0.361 e. The topological polar surface area (TPSA) is 15.8 Å². The molecular weight excluding hydrogens is 202 g/mol. The van der Waals surface area contributed by atoms with Gasteiger partial charge in [0.1, 0.15) is 0 Å². The molecule has 0 fully saturated rings. The molecule has 0 bridgehead atoms. The summed E-state index contributed by atoms with van der Waals surface area (Å²) < 4.78 is 1.11. The van der Waals surface area contributed by atoms with Crippen molar-refractivity contribution in [2.24, 2.45) is 0 Å². The molecular formula is C9H10BrN. The minimum absolute atomic E-state index is 1.11. The lowest BCUT2D eigenvalue weighted by Crippen LogP contribution is -2.22. The first kappa shape index (κ1) is 8.34. The average Bonchev–Trinajstić information content (AvgIpc) is 2.36. The normalized spacial score (nSPS) is 14.9. The molecule has 1 aromatic heterocycles. The van der Waals surface area contributed by atoms with Crippen molar-refractivity contribution < 1.29 is 0 Å². The second kappa shape index (κ2) is 3.58. The van der Waals surface area contributed by atoms with Crippen LogP contribution in [0.5, 0.6) is 0 Å². The molecule has 0 atom stereocenters. The molecule has 0 saturated carbocycles. The molecule has 0 aliphatic heterocycles. The van der Waals surface area contributed by atoms with Gasteiger partial charge in [-0.1, -0.05) is 34.7 Å². The number of aromatic nitrogens is 1. The highest BCUT2D eigenvalue weighted by Crippen LogP contribution is 1.97. The lowest BCUT2D eigenvalue weighted by Gasteiger charge is -1.82. The summed E-state index contributed by atoms with van der Waals surface area (Å²) in [4.78, 5) is 3.13. The van der Waals surface area contributed by atoms with Gasteiger partial charge in [0, 0.05) is 15.9 Å². The Kier molecular flexibility index (Phi) is 2.71. The van der Waals surface area contributed by atoms with Gasteiger partial charge >= 0.3 is 0 Å². The molecule has 0 radical (unpaired) electrons. The molecule has 2 heteroatoms. The van der Waals surface area contributed by atoms with E-state index < -0.39 is 0 Å². The summed E-state index contributed by atoms with van der Waals surface area (Å²) in [5.74, 6) is 0. The first-order valence-electron chi connectivity index (χ1n) is 3.38. The van der Waals surface area contributed by atoms with Gasteiger partial charge in [0.05, 0.1) is 5.35 Å². The first-order chi connectivity index (χ1) is 5.25. The zero-order valence-electron chi connectivity index (χ0n) is 6.39. The van der Waals surface area contributed by atoms with Crippen molar-refractivity contribution in [2.75, 3.05) is 0 Å². The third-order valence-corrected chi connectivity index (χ3v) is 1.82. The van der Waals surface area contributed by atoms with Crippen LogP contribution in [0, 0.1) is 0 Å². The minimum atomic E-state index is 1.11. The van der Waals surface area contributed by atoms with Crippen LogP contribution < -0.4 is 10.6 Å². The standard InChI is InChI=1S/C9H10BrN/c1-3-4-8-5-6-11-9(8)7(2)10/h3-6,11H,1H2,2H3/b8-4-,9-7-. The van der Waals surface area contributed by atoms with E-state index >= 15 is 0 Å². The molecule has 0 aliphatic rings. The summed E-state index contributed by atoms with van der Waals surface area (Å²) >= 11 is 3.41. The lowest BCUT2D eigenvalue weighted by atomic mass is 10.3. The second-order valence-corrected chi connectivity index (χ2v) is 3.43. The maximum atomic E-state index is 3.64. The molecule has 0 aromatic carbocycles. The largest absolute Gasteiger partial charge is 0.361 e. The summed E-state index contributed by atoms with van der Waals surface area (Å²) in [5, 5.41) is 2.28. The number of nitrogens with one attached hydrogen (secondary N) is 1. The van der Waals surface area contributed by atoms with E-state index in [4.69, 9.17) is 0 Å². The zero-order chi connectivity index (χ0) is 8.27. The average molecular weight is 212 g/mol. The van der Waals surface area contributed by atoms with Gasteiger partial charge in [-0.2, -0.15) is 0 Å². The lowest BCUT2D eigenvalue weighted by molar-refractivity contribution is 1.31. The van der Waals surface area contributed by atoms with E-state index in [9.17, 15) is 0 Å². The quantitative estimate of drug-likeness (QED) is 0.726. The van der Waals surface area contributed by atoms with Crippen molar-refractivity contribution in [3.8, 4) is 0 Å². The molecule has 0 saturated heterocycles. The molecule has 1 aromatic rings. The molecule has 0 amide bonds. The summed E-state index contributed by atoms with van der Waals surface area (Å²) in [6, 6.07) is 2.02. The first-order valence-corrected chi connectivity index (χ1v) is 4.17. The maximum Gasteiger partial charge on any atom is 0.0553 e. The van der Waals surface area contributed by atoms with Gasteiger partial charge in [0.25, 0.3) is 0 Å². The number of allylic oxidation sites excluding steroid dienone is 1. The van der Waals surface area contributed by atoms with Crippen LogP contribution in [0.25, 0.3) is 10.6 Å². The Bertz CT molecular complexity index is 355. The smallest absolute Gasteiger partial charge is 0.0553 e. The molecule has 1 heterocycles. The van der Waals surface area contributed by atoms with Crippen LogP contribution in [-0.4, -0.2) is 4.98 Å². The van der Waals surface area contributed by atoms with Crippen LogP contribution in [0.2, 0.25) is 0 Å². The number of rotatable bonds is 1. The highest BCUT2D eigenvalue weighted by atomic mass is 79.9. The van der Waals surface area contributed by atoms with E-state index in [-0.39, 0.29) is 0 Å². The summed E-state index contributed by atoms with van der Waals surface area (Å²) in [6.45, 7) is 5.65. The van der Waals surface area contributed by atoms with Crippen LogP contribution in [0.15, 0.2) is 24.9 Å². The molecule has 0 unspecified atom stereocenters. The number of H-pyrrole nitrogens is 1. The molecule has 58 valence electrons. The fourth-order valence-electron chi connectivity index (χ4n) is 0.946. The van der Waals surface area contributed by atoms with Crippen molar-refractivity contribution >= 4 is 26.5 Å². The van der Waals surface area contributed by atoms with E-state index in [2.05, 4.69) is 27.5 Å². The molecule has 1 N–H and O–H groups in total. The van der Waals surface area contributed by atoms with E-state index in [1.54, 1.807) is 6.08 Å². The highest BCUT2D eigenvalue weighted by molar-refractivity contribution is 9.14. The van der Waals surface area contributed by atoms with Crippen LogP contribution in [0.1, 0.15) is 6.92 Å². The molecule has 1 nitrogen and oxygen atoms in total. The Morgan fingerprint density at radius 1 is 1.73 bits per heavy atom. The van der Waals surface area contributed by atoms with Gasteiger partial charge in [-0.3, -0.25) is 0 Å². The van der Waals surface area contributed by atoms with Crippen LogP contribution >= 0.6 is 15.9 Å². The second-order valence-electron chi connectivity index (χ2n) is 2.24. The van der Waals surface area contributed by atoms with E-state index in [1.807, 2.05) is 25.3 Å². The zero-order valence-corrected chi connectivity index (χ0v) is 7.98. The highest BCUT2D eigenvalue weighted by Gasteiger charge is 1.87. The van der Waals surface area contributed by atoms with Crippen molar-refractivity contribution in [2.45, 2.75) is 6.92 Å². The summed E-state index contributed by atoms with van der Waals surface area (Å²) in [6.07, 6.45) is 5.66. The predicted octanol–water partition coefficient (Wildman–Crippen LogP) is 1.50. The van der Waals surface area contributed by atoms with E-state index in [0.717, 1.165) is 15.1 Å². The van der Waals surface area contributed by atoms with Crippen molar-refractivity contribution in [3.05, 3.63) is 35.5 Å². The Balaban J connectivity index is 3.52. The van der Waals surface area contributed by atoms with E-state index in [1.165, 1.54) is 0 Å². The number of aromatic amines is 1. The summed E-state index contributed by atoms with van der Waals surface area (Å²) in [7, 11) is 0. The van der Waals surface area contributed by atoms with Gasteiger partial charge in [0.2, 0.25) is 0 Å². The maximum absolute atomic E-state index is 3.64. The van der Waals surface area contributed by atoms with E-state index in [0.29, 0.717) is 0 Å². The Morgan fingerprint density at radius 2 is 2.45 bits per heavy atom. The molecule has 11 heavy (non-hydrogen) atoms. The van der Waals surface area contributed by atoms with Crippen molar-refractivity contribution in [3.63, 3.8) is 0 Å². The van der Waals surface area contributed by atoms with Crippen molar-refractivity contribution in [1.29, 1.82) is 0 Å². The monoisotopic (exact) mass is 211 g/mol. The van der Waals surface area contributed by atoms with Gasteiger partial charge in [-0.05, 0) is 13.0 Å². The van der Waals surface area contributed by atoms with Crippen LogP contribution in [0.4, 0.5) is 0 Å². The predicted molar refractivity (Wildman–Crippen MR) is 52.7 cm³/mol. The molecule has 0 spiro atoms. The number of hydrogen-bond donors (Lipinski definition) is 1. The van der Waals surface area contributed by atoms with Crippen molar-refractivity contribution in [1.82, 2.24) is 4.98 Å². The third kappa shape index (κ3) is 1.84. The van der Waals surface area contributed by atoms with Gasteiger partial charge in [-0.25, -0.2) is 0 Å². The van der Waals surface area contributed by atoms with Gasteiger partial charge < -0.3 is 4.98 Å². The number of hydrogen-bond acceptors (Lipinski definition) is 0. The SMILES string of the molecule is C=C/C=c1/cc[nH]/c1=C(/C)Br. The van der Waals surface area contributed by atoms with Crippen LogP contribution in [0.3, 0.4) is 0 Å². The summed E-state index contributed by atoms with van der Waals surface area (Å²) in [5.41, 5.74) is 0. The third-order valence-electron chi connectivity index (χ3n) is 1.42. The molecule has 1 rings (SSSR count). The number of halogens is 1. The Morgan fingerprint density at radius 3 is 3.00 bits per heavy atom. The Labute approximate surface area is 74.3 Å². The fourth-order valence-corrected chi connectivity index (χ4v) is 1.29.